The molecule has 1 aromatic rings. The zero-order valence-electron chi connectivity index (χ0n) is 8.87. The van der Waals surface area contributed by atoms with Crippen molar-refractivity contribution in [2.75, 3.05) is 0 Å². The van der Waals surface area contributed by atoms with Crippen LogP contribution in [0.5, 0.6) is 0 Å². The first-order chi connectivity index (χ1) is 6.86. The molecule has 1 unspecified atom stereocenters. The van der Waals surface area contributed by atoms with E-state index in [-0.39, 0.29) is 0 Å². The summed E-state index contributed by atoms with van der Waals surface area (Å²) in [6, 6.07) is 8.98. The molecule has 0 aromatic heterocycles. The Morgan fingerprint density at radius 2 is 1.86 bits per heavy atom. The predicted octanol–water partition coefficient (Wildman–Crippen LogP) is 4.21. The SMILES string of the molecule is Cc1ccc(C2C=CCCCC2)cc1. The van der Waals surface area contributed by atoms with Crippen molar-refractivity contribution in [2.45, 2.75) is 38.5 Å². The fourth-order valence-corrected chi connectivity index (χ4v) is 2.07. The predicted molar refractivity (Wildman–Crippen MR) is 61.5 cm³/mol. The van der Waals surface area contributed by atoms with Gasteiger partial charge in [-0.2, -0.15) is 0 Å². The van der Waals surface area contributed by atoms with Gasteiger partial charge in [0, 0.05) is 5.92 Å². The minimum atomic E-state index is 0.665. The normalized spacial score (nSPS) is 21.9. The summed E-state index contributed by atoms with van der Waals surface area (Å²) in [4.78, 5) is 0. The van der Waals surface area contributed by atoms with Crippen molar-refractivity contribution in [2.24, 2.45) is 0 Å². The molecule has 1 aliphatic rings. The lowest BCUT2D eigenvalue weighted by Crippen LogP contribution is -1.93. The molecule has 0 saturated carbocycles. The van der Waals surface area contributed by atoms with Gasteiger partial charge in [-0.3, -0.25) is 0 Å². The van der Waals surface area contributed by atoms with Crippen LogP contribution in [0.15, 0.2) is 36.4 Å². The zero-order valence-corrected chi connectivity index (χ0v) is 8.87. The molecular formula is C14H18. The molecule has 0 nitrogen and oxygen atoms in total. The van der Waals surface area contributed by atoms with Gasteiger partial charge >= 0.3 is 0 Å². The van der Waals surface area contributed by atoms with E-state index < -0.39 is 0 Å². The van der Waals surface area contributed by atoms with E-state index in [4.69, 9.17) is 0 Å². The summed E-state index contributed by atoms with van der Waals surface area (Å²) in [6.07, 6.45) is 10.0. The minimum absolute atomic E-state index is 0.665. The molecule has 0 saturated heterocycles. The second-order valence-electron chi connectivity index (χ2n) is 4.23. The lowest BCUT2D eigenvalue weighted by Gasteiger charge is -2.11. The Bertz CT molecular complexity index is 305. The van der Waals surface area contributed by atoms with E-state index in [1.165, 1.54) is 36.8 Å². The highest BCUT2D eigenvalue weighted by Gasteiger charge is 2.09. The standard InChI is InChI=1S/C14H18/c1-12-8-10-14(11-9-12)13-6-4-2-3-5-7-13/h4,6,8-11,13H,2-3,5,7H2,1H3. The Balaban J connectivity index is 2.16. The smallest absolute Gasteiger partial charge is 0.00179 e. The number of rotatable bonds is 1. The highest BCUT2D eigenvalue weighted by atomic mass is 14.1. The van der Waals surface area contributed by atoms with E-state index in [0.717, 1.165) is 0 Å². The number of hydrogen-bond acceptors (Lipinski definition) is 0. The molecule has 0 aliphatic heterocycles. The summed E-state index contributed by atoms with van der Waals surface area (Å²) in [5, 5.41) is 0. The van der Waals surface area contributed by atoms with E-state index in [2.05, 4.69) is 43.3 Å². The van der Waals surface area contributed by atoms with Gasteiger partial charge in [-0.15, -0.1) is 0 Å². The molecule has 0 amide bonds. The summed E-state index contributed by atoms with van der Waals surface area (Å²) in [6.45, 7) is 2.15. The third kappa shape index (κ3) is 2.25. The Morgan fingerprint density at radius 1 is 1.07 bits per heavy atom. The highest BCUT2D eigenvalue weighted by molar-refractivity contribution is 5.27. The molecule has 0 bridgehead atoms. The van der Waals surface area contributed by atoms with E-state index in [1.54, 1.807) is 0 Å². The maximum atomic E-state index is 2.39. The maximum absolute atomic E-state index is 2.39. The molecule has 14 heavy (non-hydrogen) atoms. The number of aryl methyl sites for hydroxylation is 1. The molecular weight excluding hydrogens is 168 g/mol. The van der Waals surface area contributed by atoms with Crippen LogP contribution < -0.4 is 0 Å². The van der Waals surface area contributed by atoms with Crippen LogP contribution in [-0.4, -0.2) is 0 Å². The van der Waals surface area contributed by atoms with Gasteiger partial charge in [0.15, 0.2) is 0 Å². The van der Waals surface area contributed by atoms with E-state index in [0.29, 0.717) is 5.92 Å². The second kappa shape index (κ2) is 4.45. The summed E-state index contributed by atoms with van der Waals surface area (Å²) < 4.78 is 0. The molecule has 74 valence electrons. The molecule has 2 rings (SSSR count). The fraction of sp³-hybridized carbons (Fsp3) is 0.429. The highest BCUT2D eigenvalue weighted by Crippen LogP contribution is 2.26. The molecule has 0 fully saturated rings. The molecule has 1 aromatic carbocycles. The minimum Gasteiger partial charge on any atom is -0.0879 e. The average Bonchev–Trinajstić information content (AvgIpc) is 2.47. The zero-order chi connectivity index (χ0) is 9.80. The second-order valence-corrected chi connectivity index (χ2v) is 4.23. The van der Waals surface area contributed by atoms with E-state index >= 15 is 0 Å². The summed E-state index contributed by atoms with van der Waals surface area (Å²) in [5.41, 5.74) is 2.83. The first-order valence-electron chi connectivity index (χ1n) is 5.59. The van der Waals surface area contributed by atoms with E-state index in [1.807, 2.05) is 0 Å². The quantitative estimate of drug-likeness (QED) is 0.576. The monoisotopic (exact) mass is 186 g/mol. The largest absolute Gasteiger partial charge is 0.0879 e. The van der Waals surface area contributed by atoms with Crippen LogP contribution >= 0.6 is 0 Å². The van der Waals surface area contributed by atoms with Gasteiger partial charge in [0.25, 0.3) is 0 Å². The topological polar surface area (TPSA) is 0 Å². The molecule has 1 aliphatic carbocycles. The van der Waals surface area contributed by atoms with Gasteiger partial charge in [0.1, 0.15) is 0 Å². The number of allylic oxidation sites excluding steroid dienone is 2. The molecule has 0 radical (unpaired) electrons. The Morgan fingerprint density at radius 3 is 2.64 bits per heavy atom. The lowest BCUT2D eigenvalue weighted by atomic mass is 9.94. The molecule has 0 N–H and O–H groups in total. The van der Waals surface area contributed by atoms with Crippen LogP contribution in [0.25, 0.3) is 0 Å². The first kappa shape index (κ1) is 9.51. The fourth-order valence-electron chi connectivity index (χ4n) is 2.07. The Kier molecular flexibility index (Phi) is 3.03. The van der Waals surface area contributed by atoms with Gasteiger partial charge in [0.2, 0.25) is 0 Å². The summed E-state index contributed by atoms with van der Waals surface area (Å²) >= 11 is 0. The van der Waals surface area contributed by atoms with Gasteiger partial charge in [-0.1, -0.05) is 48.4 Å². The first-order valence-corrected chi connectivity index (χ1v) is 5.59. The summed E-state index contributed by atoms with van der Waals surface area (Å²) in [7, 11) is 0. The van der Waals surface area contributed by atoms with Crippen LogP contribution in [0.2, 0.25) is 0 Å². The third-order valence-electron chi connectivity index (χ3n) is 3.01. The number of benzene rings is 1. The third-order valence-corrected chi connectivity index (χ3v) is 3.01. The molecule has 1 atom stereocenters. The van der Waals surface area contributed by atoms with Crippen molar-refractivity contribution in [3.05, 3.63) is 47.5 Å². The van der Waals surface area contributed by atoms with Gasteiger partial charge in [0.05, 0.1) is 0 Å². The van der Waals surface area contributed by atoms with Crippen molar-refractivity contribution >= 4 is 0 Å². The van der Waals surface area contributed by atoms with Gasteiger partial charge in [-0.25, -0.2) is 0 Å². The average molecular weight is 186 g/mol. The molecule has 0 heterocycles. The summed E-state index contributed by atoms with van der Waals surface area (Å²) in [5.74, 6) is 0.665. The van der Waals surface area contributed by atoms with Crippen molar-refractivity contribution in [1.82, 2.24) is 0 Å². The van der Waals surface area contributed by atoms with E-state index in [9.17, 15) is 0 Å². The molecule has 0 heteroatoms. The van der Waals surface area contributed by atoms with Crippen LogP contribution in [0, 0.1) is 6.92 Å². The van der Waals surface area contributed by atoms with Crippen molar-refractivity contribution in [1.29, 1.82) is 0 Å². The van der Waals surface area contributed by atoms with Crippen LogP contribution in [0.1, 0.15) is 42.7 Å². The van der Waals surface area contributed by atoms with Crippen LogP contribution in [-0.2, 0) is 0 Å². The van der Waals surface area contributed by atoms with Crippen LogP contribution in [0.4, 0.5) is 0 Å². The van der Waals surface area contributed by atoms with Gasteiger partial charge < -0.3 is 0 Å². The van der Waals surface area contributed by atoms with Crippen LogP contribution in [0.3, 0.4) is 0 Å². The van der Waals surface area contributed by atoms with Crippen molar-refractivity contribution in [3.8, 4) is 0 Å². The molecule has 0 spiro atoms. The number of hydrogen-bond donors (Lipinski definition) is 0. The van der Waals surface area contributed by atoms with Gasteiger partial charge in [-0.05, 0) is 31.7 Å². The van der Waals surface area contributed by atoms with Crippen molar-refractivity contribution in [3.63, 3.8) is 0 Å². The lowest BCUT2D eigenvalue weighted by molar-refractivity contribution is 0.664. The maximum Gasteiger partial charge on any atom is 0.00179 e. The van der Waals surface area contributed by atoms with Crippen molar-refractivity contribution < 1.29 is 0 Å². The Labute approximate surface area is 86.7 Å². The Hall–Kier alpha value is -1.04.